The molecule has 5 heteroatoms. The lowest BCUT2D eigenvalue weighted by Gasteiger charge is -2.23. The first kappa shape index (κ1) is 18.2. The molecule has 0 amide bonds. The minimum absolute atomic E-state index is 0.184. The molecule has 24 heavy (non-hydrogen) atoms. The summed E-state index contributed by atoms with van der Waals surface area (Å²) in [5.74, 6) is -0.676. The number of carboxylic acid groups (broad SMARTS) is 1. The van der Waals surface area contributed by atoms with Gasteiger partial charge >= 0.3 is 5.97 Å². The summed E-state index contributed by atoms with van der Waals surface area (Å²) in [6.07, 6.45) is 12.4. The average molecular weight is 340 g/mol. The Balaban J connectivity index is 1.29. The van der Waals surface area contributed by atoms with E-state index in [4.69, 9.17) is 14.2 Å². The van der Waals surface area contributed by atoms with Gasteiger partial charge < -0.3 is 19.3 Å². The first-order valence-electron chi connectivity index (χ1n) is 9.80. The van der Waals surface area contributed by atoms with Crippen LogP contribution in [-0.4, -0.2) is 49.2 Å². The molecule has 3 aliphatic rings. The fraction of sp³-hybridized carbons (Fsp3) is 0.947. The number of hydrogen-bond acceptors (Lipinski definition) is 4. The Bertz CT molecular complexity index is 387. The van der Waals surface area contributed by atoms with E-state index in [0.29, 0.717) is 18.6 Å². The summed E-state index contributed by atoms with van der Waals surface area (Å²) in [6.45, 7) is 2.53. The molecule has 0 saturated carbocycles. The molecule has 0 bridgehead atoms. The van der Waals surface area contributed by atoms with Crippen LogP contribution in [0.15, 0.2) is 0 Å². The van der Waals surface area contributed by atoms with E-state index in [9.17, 15) is 9.90 Å². The molecule has 5 atom stereocenters. The van der Waals surface area contributed by atoms with E-state index in [1.165, 1.54) is 38.5 Å². The molecule has 3 heterocycles. The minimum atomic E-state index is -0.654. The quantitative estimate of drug-likeness (QED) is 0.365. The predicted molar refractivity (Wildman–Crippen MR) is 90.0 cm³/mol. The molecule has 0 aromatic heterocycles. The fourth-order valence-corrected chi connectivity index (χ4v) is 3.73. The maximum Gasteiger partial charge on any atom is 0.306 e. The average Bonchev–Trinajstić information content (AvgIpc) is 3.40. The number of hydrogen-bond donors (Lipinski definition) is 1. The molecule has 0 spiro atoms. The van der Waals surface area contributed by atoms with Crippen molar-refractivity contribution < 1.29 is 24.1 Å². The van der Waals surface area contributed by atoms with Crippen molar-refractivity contribution in [3.8, 4) is 0 Å². The standard InChI is InChI=1S/C19H32O5/c20-19(21)18(10-17-13-24-17)14(9-16-12-23-16)7-5-3-1-2-4-6-8-15-11-22-15/h14-18H,1-13H2,(H,20,21). The van der Waals surface area contributed by atoms with E-state index >= 15 is 0 Å². The summed E-state index contributed by atoms with van der Waals surface area (Å²) in [6, 6.07) is 0. The highest BCUT2D eigenvalue weighted by Gasteiger charge is 2.38. The number of epoxide rings is 3. The molecule has 3 rings (SSSR count). The Hall–Kier alpha value is -0.650. The number of aliphatic carboxylic acids is 1. The number of rotatable bonds is 15. The lowest BCUT2D eigenvalue weighted by molar-refractivity contribution is -0.144. The second-order valence-corrected chi connectivity index (χ2v) is 7.74. The summed E-state index contributed by atoms with van der Waals surface area (Å²) >= 11 is 0. The van der Waals surface area contributed by atoms with Crippen LogP contribution < -0.4 is 0 Å². The number of ether oxygens (including phenoxy) is 3. The van der Waals surface area contributed by atoms with Gasteiger partial charge in [-0.1, -0.05) is 38.5 Å². The molecule has 5 unspecified atom stereocenters. The van der Waals surface area contributed by atoms with E-state index in [1.807, 2.05) is 0 Å². The van der Waals surface area contributed by atoms with Gasteiger partial charge in [-0.2, -0.15) is 0 Å². The topological polar surface area (TPSA) is 74.9 Å². The van der Waals surface area contributed by atoms with E-state index < -0.39 is 5.97 Å². The summed E-state index contributed by atoms with van der Waals surface area (Å²) in [4.78, 5) is 11.7. The van der Waals surface area contributed by atoms with E-state index in [2.05, 4.69) is 0 Å². The molecule has 138 valence electrons. The Labute approximate surface area is 145 Å². The van der Waals surface area contributed by atoms with Crippen LogP contribution in [0.1, 0.15) is 64.2 Å². The number of carbonyl (C=O) groups is 1. The molecule has 5 nitrogen and oxygen atoms in total. The molecule has 0 aromatic carbocycles. The van der Waals surface area contributed by atoms with E-state index in [0.717, 1.165) is 39.1 Å². The van der Waals surface area contributed by atoms with Gasteiger partial charge in [-0.3, -0.25) is 4.79 Å². The van der Waals surface area contributed by atoms with Crippen molar-refractivity contribution in [1.82, 2.24) is 0 Å². The maximum absolute atomic E-state index is 11.7. The van der Waals surface area contributed by atoms with Gasteiger partial charge in [0.05, 0.1) is 44.1 Å². The van der Waals surface area contributed by atoms with Gasteiger partial charge in [-0.15, -0.1) is 0 Å². The van der Waals surface area contributed by atoms with Gasteiger partial charge in [0.1, 0.15) is 0 Å². The zero-order chi connectivity index (χ0) is 16.8. The Morgan fingerprint density at radius 2 is 1.38 bits per heavy atom. The molecule has 1 N–H and O–H groups in total. The highest BCUT2D eigenvalue weighted by Crippen LogP contribution is 2.34. The molecule has 0 aliphatic carbocycles. The van der Waals surface area contributed by atoms with Gasteiger partial charge in [-0.25, -0.2) is 0 Å². The monoisotopic (exact) mass is 340 g/mol. The van der Waals surface area contributed by atoms with E-state index in [1.54, 1.807) is 0 Å². The van der Waals surface area contributed by atoms with Crippen LogP contribution in [0.5, 0.6) is 0 Å². The number of carboxylic acids is 1. The smallest absolute Gasteiger partial charge is 0.306 e. The fourth-order valence-electron chi connectivity index (χ4n) is 3.73. The second-order valence-electron chi connectivity index (χ2n) is 7.74. The maximum atomic E-state index is 11.7. The van der Waals surface area contributed by atoms with Gasteiger partial charge in [0, 0.05) is 0 Å². The molecule has 3 fully saturated rings. The molecular weight excluding hydrogens is 308 g/mol. The summed E-state index contributed by atoms with van der Waals surface area (Å²) < 4.78 is 15.8. The SMILES string of the molecule is O=C(O)C(CC1CO1)C(CCCCCCCCC1CO1)CC1CO1. The van der Waals surface area contributed by atoms with Crippen molar-refractivity contribution in [2.24, 2.45) is 11.8 Å². The third-order valence-corrected chi connectivity index (χ3v) is 5.53. The highest BCUT2D eigenvalue weighted by molar-refractivity contribution is 5.70. The Morgan fingerprint density at radius 1 is 0.833 bits per heavy atom. The lowest BCUT2D eigenvalue weighted by atomic mass is 9.81. The van der Waals surface area contributed by atoms with Crippen molar-refractivity contribution in [3.05, 3.63) is 0 Å². The van der Waals surface area contributed by atoms with Crippen LogP contribution in [0.25, 0.3) is 0 Å². The van der Waals surface area contributed by atoms with Crippen LogP contribution >= 0.6 is 0 Å². The first-order chi connectivity index (χ1) is 11.7. The summed E-state index contributed by atoms with van der Waals surface area (Å²) in [5, 5.41) is 9.60. The third-order valence-electron chi connectivity index (χ3n) is 5.53. The predicted octanol–water partition coefficient (Wildman–Crippen LogP) is 3.40. The van der Waals surface area contributed by atoms with E-state index in [-0.39, 0.29) is 17.9 Å². The lowest BCUT2D eigenvalue weighted by Crippen LogP contribution is -2.26. The van der Waals surface area contributed by atoms with Gasteiger partial charge in [0.15, 0.2) is 0 Å². The van der Waals surface area contributed by atoms with Gasteiger partial charge in [0.25, 0.3) is 0 Å². The minimum Gasteiger partial charge on any atom is -0.481 e. The third kappa shape index (κ3) is 7.08. The van der Waals surface area contributed by atoms with Crippen LogP contribution in [0.3, 0.4) is 0 Å². The summed E-state index contributed by atoms with van der Waals surface area (Å²) in [5.41, 5.74) is 0. The van der Waals surface area contributed by atoms with Crippen molar-refractivity contribution in [2.45, 2.75) is 82.5 Å². The van der Waals surface area contributed by atoms with Crippen molar-refractivity contribution >= 4 is 5.97 Å². The van der Waals surface area contributed by atoms with Crippen molar-refractivity contribution in [2.75, 3.05) is 19.8 Å². The molecular formula is C19H32O5. The first-order valence-corrected chi connectivity index (χ1v) is 9.80. The van der Waals surface area contributed by atoms with Crippen LogP contribution in [0, 0.1) is 11.8 Å². The second kappa shape index (κ2) is 9.16. The van der Waals surface area contributed by atoms with Crippen LogP contribution in [0.2, 0.25) is 0 Å². The van der Waals surface area contributed by atoms with Crippen molar-refractivity contribution in [1.29, 1.82) is 0 Å². The molecule has 3 saturated heterocycles. The molecule has 0 aromatic rings. The van der Waals surface area contributed by atoms with Crippen LogP contribution in [-0.2, 0) is 19.0 Å². The van der Waals surface area contributed by atoms with Gasteiger partial charge in [-0.05, 0) is 31.6 Å². The zero-order valence-electron chi connectivity index (χ0n) is 14.7. The highest BCUT2D eigenvalue weighted by atomic mass is 16.6. The molecule has 0 radical (unpaired) electrons. The zero-order valence-corrected chi connectivity index (χ0v) is 14.7. The van der Waals surface area contributed by atoms with Crippen molar-refractivity contribution in [3.63, 3.8) is 0 Å². The van der Waals surface area contributed by atoms with Gasteiger partial charge in [0.2, 0.25) is 0 Å². The number of unbranched alkanes of at least 4 members (excludes halogenated alkanes) is 5. The summed E-state index contributed by atoms with van der Waals surface area (Å²) in [7, 11) is 0. The normalized spacial score (nSPS) is 29.9. The Kier molecular flexibility index (Phi) is 6.93. The Morgan fingerprint density at radius 3 is 1.96 bits per heavy atom. The molecule has 3 aliphatic heterocycles. The largest absolute Gasteiger partial charge is 0.481 e. The van der Waals surface area contributed by atoms with Crippen LogP contribution in [0.4, 0.5) is 0 Å².